The fraction of sp³-hybridized carbons (Fsp3) is 0.938. The van der Waals surface area contributed by atoms with Gasteiger partial charge in [0, 0.05) is 18.5 Å². The Kier molecular flexibility index (Phi) is 3.46. The van der Waals surface area contributed by atoms with E-state index in [2.05, 4.69) is 38.0 Å². The maximum atomic E-state index is 12.8. The van der Waals surface area contributed by atoms with Crippen LogP contribution in [0.25, 0.3) is 0 Å². The van der Waals surface area contributed by atoms with Crippen LogP contribution in [0.15, 0.2) is 0 Å². The molecule has 0 radical (unpaired) electrons. The molecule has 2 bridgehead atoms. The van der Waals surface area contributed by atoms with Crippen molar-refractivity contribution in [2.75, 3.05) is 20.3 Å². The molecule has 3 aliphatic heterocycles. The van der Waals surface area contributed by atoms with Gasteiger partial charge in [0.05, 0.1) is 0 Å². The monoisotopic (exact) mass is 296 g/mol. The molecule has 1 amide bonds. The zero-order valence-electron chi connectivity index (χ0n) is 13.6. The second-order valence-electron chi connectivity index (χ2n) is 7.60. The van der Waals surface area contributed by atoms with E-state index in [0.29, 0.717) is 6.04 Å². The number of nitrogens with zero attached hydrogens (tertiary/aromatic N) is 1. The SMILES string of the molecule is CNC(=O)C(C)(N(C)C(C)C)C12CC3CC[C@@H](C1)P3C2. The summed E-state index contributed by atoms with van der Waals surface area (Å²) in [6.07, 6.45) is 6.83. The van der Waals surface area contributed by atoms with E-state index in [1.54, 1.807) is 7.05 Å². The molecule has 0 saturated carbocycles. The first-order valence-corrected chi connectivity index (χ1v) is 9.73. The largest absolute Gasteiger partial charge is 0.358 e. The molecule has 3 fully saturated rings. The van der Waals surface area contributed by atoms with Crippen molar-refractivity contribution in [2.45, 2.75) is 69.4 Å². The van der Waals surface area contributed by atoms with Crippen LogP contribution in [-0.2, 0) is 4.79 Å². The molecule has 4 unspecified atom stereocenters. The zero-order chi connectivity index (χ0) is 14.7. The first kappa shape index (κ1) is 14.8. The topological polar surface area (TPSA) is 32.3 Å². The number of hydrogen-bond donors (Lipinski definition) is 1. The number of nitrogens with one attached hydrogen (secondary N) is 1. The molecule has 0 aromatic heterocycles. The van der Waals surface area contributed by atoms with Crippen LogP contribution in [0, 0.1) is 5.41 Å². The van der Waals surface area contributed by atoms with Crippen molar-refractivity contribution in [1.82, 2.24) is 10.2 Å². The average molecular weight is 296 g/mol. The summed E-state index contributed by atoms with van der Waals surface area (Å²) in [5.74, 6) is 0.229. The molecule has 3 nitrogen and oxygen atoms in total. The summed E-state index contributed by atoms with van der Waals surface area (Å²) in [6, 6.07) is 0.400. The van der Waals surface area contributed by atoms with Crippen LogP contribution in [0.5, 0.6) is 0 Å². The molecular weight excluding hydrogens is 267 g/mol. The molecular formula is C16H29N2OP. The fourth-order valence-electron chi connectivity index (χ4n) is 5.26. The van der Waals surface area contributed by atoms with Crippen molar-refractivity contribution in [3.8, 4) is 0 Å². The van der Waals surface area contributed by atoms with Crippen LogP contribution >= 0.6 is 7.92 Å². The summed E-state index contributed by atoms with van der Waals surface area (Å²) in [5.41, 5.74) is 1.83. The lowest BCUT2D eigenvalue weighted by Crippen LogP contribution is -2.66. The highest BCUT2D eigenvalue weighted by atomic mass is 31.1. The second-order valence-corrected chi connectivity index (χ2v) is 10.4. The third kappa shape index (κ3) is 1.69. The number of carbonyl (C=O) groups excluding carboxylic acids is 1. The van der Waals surface area contributed by atoms with Gasteiger partial charge >= 0.3 is 0 Å². The molecule has 20 heavy (non-hydrogen) atoms. The predicted molar refractivity (Wildman–Crippen MR) is 85.6 cm³/mol. The molecule has 0 spiro atoms. The molecule has 0 aliphatic carbocycles. The molecule has 4 heteroatoms. The fourth-order valence-corrected chi connectivity index (χ4v) is 9.77. The van der Waals surface area contributed by atoms with E-state index in [1.165, 1.54) is 31.8 Å². The summed E-state index contributed by atoms with van der Waals surface area (Å²) in [4.78, 5) is 15.2. The van der Waals surface area contributed by atoms with Gasteiger partial charge in [-0.25, -0.2) is 0 Å². The van der Waals surface area contributed by atoms with Crippen molar-refractivity contribution in [1.29, 1.82) is 0 Å². The summed E-state index contributed by atoms with van der Waals surface area (Å²) in [5, 5.41) is 2.97. The summed E-state index contributed by atoms with van der Waals surface area (Å²) in [6.45, 7) is 6.63. The minimum atomic E-state index is -0.343. The molecule has 3 rings (SSSR count). The van der Waals surface area contributed by atoms with Gasteiger partial charge in [0.25, 0.3) is 0 Å². The van der Waals surface area contributed by atoms with Crippen LogP contribution in [0.2, 0.25) is 0 Å². The van der Waals surface area contributed by atoms with E-state index >= 15 is 0 Å². The molecule has 3 aliphatic rings. The van der Waals surface area contributed by atoms with Gasteiger partial charge in [-0.15, -0.1) is 0 Å². The normalized spacial score (nSPS) is 41.5. The third-order valence-corrected chi connectivity index (χ3v) is 10.4. The Morgan fingerprint density at radius 1 is 1.35 bits per heavy atom. The Labute approximate surface area is 124 Å². The lowest BCUT2D eigenvalue weighted by Gasteiger charge is -2.51. The second kappa shape index (κ2) is 4.68. The first-order chi connectivity index (χ1) is 9.35. The van der Waals surface area contributed by atoms with Crippen molar-refractivity contribution < 1.29 is 4.79 Å². The number of fused-ring (bicyclic) bond motifs is 1. The summed E-state index contributed by atoms with van der Waals surface area (Å²) < 4.78 is 0. The zero-order valence-corrected chi connectivity index (χ0v) is 14.5. The Hall–Kier alpha value is -0.140. The Morgan fingerprint density at radius 3 is 2.30 bits per heavy atom. The van der Waals surface area contributed by atoms with Crippen molar-refractivity contribution in [2.24, 2.45) is 5.41 Å². The van der Waals surface area contributed by atoms with Crippen LogP contribution < -0.4 is 5.32 Å². The molecule has 114 valence electrons. The maximum Gasteiger partial charge on any atom is 0.240 e. The minimum Gasteiger partial charge on any atom is -0.358 e. The van der Waals surface area contributed by atoms with E-state index < -0.39 is 0 Å². The summed E-state index contributed by atoms with van der Waals surface area (Å²) in [7, 11) is 4.17. The Bertz CT molecular complexity index is 405. The number of likely N-dealkylation sites (N-methyl/N-ethyl adjacent to an activating group) is 2. The van der Waals surface area contributed by atoms with Gasteiger partial charge in [-0.3, -0.25) is 9.69 Å². The minimum absolute atomic E-state index is 0.227. The third-order valence-electron chi connectivity index (χ3n) is 6.69. The van der Waals surface area contributed by atoms with Crippen molar-refractivity contribution in [3.63, 3.8) is 0 Å². The van der Waals surface area contributed by atoms with E-state index in [0.717, 1.165) is 11.3 Å². The Balaban J connectivity index is 2.00. The number of amides is 1. The lowest BCUT2D eigenvalue weighted by atomic mass is 9.65. The van der Waals surface area contributed by atoms with Gasteiger partial charge in [0.1, 0.15) is 5.54 Å². The highest BCUT2D eigenvalue weighted by Gasteiger charge is 2.67. The van der Waals surface area contributed by atoms with Crippen molar-refractivity contribution in [3.05, 3.63) is 0 Å². The van der Waals surface area contributed by atoms with Gasteiger partial charge < -0.3 is 5.32 Å². The number of rotatable bonds is 4. The lowest BCUT2D eigenvalue weighted by molar-refractivity contribution is -0.142. The van der Waals surface area contributed by atoms with Crippen molar-refractivity contribution >= 4 is 13.8 Å². The molecule has 5 atom stereocenters. The average Bonchev–Trinajstić information content (AvgIpc) is 3.02. The maximum absolute atomic E-state index is 12.8. The van der Waals surface area contributed by atoms with Crippen LogP contribution in [0.4, 0.5) is 0 Å². The smallest absolute Gasteiger partial charge is 0.240 e. The van der Waals surface area contributed by atoms with Gasteiger partial charge in [-0.05, 0) is 71.0 Å². The van der Waals surface area contributed by atoms with Crippen LogP contribution in [0.1, 0.15) is 46.5 Å². The number of carbonyl (C=O) groups is 1. The van der Waals surface area contributed by atoms with Gasteiger partial charge in [-0.1, -0.05) is 7.92 Å². The number of hydrogen-bond acceptors (Lipinski definition) is 2. The van der Waals surface area contributed by atoms with Crippen LogP contribution in [0.3, 0.4) is 0 Å². The highest BCUT2D eigenvalue weighted by Crippen LogP contribution is 2.77. The molecule has 0 aromatic carbocycles. The summed E-state index contributed by atoms with van der Waals surface area (Å²) >= 11 is 0. The molecule has 0 aromatic rings. The first-order valence-electron chi connectivity index (χ1n) is 8.06. The molecule has 3 saturated heterocycles. The molecule has 1 N–H and O–H groups in total. The quantitative estimate of drug-likeness (QED) is 0.809. The van der Waals surface area contributed by atoms with E-state index in [4.69, 9.17) is 0 Å². The van der Waals surface area contributed by atoms with Gasteiger partial charge in [-0.2, -0.15) is 0 Å². The van der Waals surface area contributed by atoms with E-state index in [-0.39, 0.29) is 24.8 Å². The highest BCUT2D eigenvalue weighted by molar-refractivity contribution is 7.60. The Morgan fingerprint density at radius 2 is 1.90 bits per heavy atom. The van der Waals surface area contributed by atoms with E-state index in [1.807, 2.05) is 0 Å². The van der Waals surface area contributed by atoms with Crippen LogP contribution in [-0.4, -0.2) is 54.0 Å². The van der Waals surface area contributed by atoms with Gasteiger partial charge in [0.2, 0.25) is 5.91 Å². The van der Waals surface area contributed by atoms with Gasteiger partial charge in [0.15, 0.2) is 0 Å². The van der Waals surface area contributed by atoms with E-state index in [9.17, 15) is 4.79 Å². The standard InChI is InChI=1S/C16H29N2OP/c1-11(2)18(5)15(3,14(19)17-4)16-8-12-6-7-13(9-16)20(12)10-16/h11-13H,6-10H2,1-5H3,(H,17,19)/t12-,13?,15?,16?,20?/m0/s1. The molecule has 3 heterocycles. The predicted octanol–water partition coefficient (Wildman–Crippen LogP) is 2.64.